The molecule has 1 aromatic heterocycles. The fourth-order valence-electron chi connectivity index (χ4n) is 8.75. The molecule has 0 unspecified atom stereocenters. The minimum Gasteiger partial charge on any atom is -0.454 e. The molecule has 0 saturated carbocycles. The fourth-order valence-corrected chi connectivity index (χ4v) is 8.75. The van der Waals surface area contributed by atoms with Crippen molar-refractivity contribution in [3.05, 3.63) is 224 Å². The van der Waals surface area contributed by atoms with Gasteiger partial charge >= 0.3 is 0 Å². The van der Waals surface area contributed by atoms with Gasteiger partial charge in [0, 0.05) is 22.1 Å². The van der Waals surface area contributed by atoms with Gasteiger partial charge in [-0.15, -0.1) is 0 Å². The first-order chi connectivity index (χ1) is 28.8. The van der Waals surface area contributed by atoms with Gasteiger partial charge in [0.05, 0.1) is 5.69 Å². The average Bonchev–Trinajstić information content (AvgIpc) is 3.69. The van der Waals surface area contributed by atoms with Crippen LogP contribution in [0.5, 0.6) is 0 Å². The Hall–Kier alpha value is -7.68. The number of rotatable bonds is 7. The summed E-state index contributed by atoms with van der Waals surface area (Å²) in [6, 6.07) is 80.6. The predicted octanol–water partition coefficient (Wildman–Crippen LogP) is 16.0. The summed E-state index contributed by atoms with van der Waals surface area (Å²) in [5.41, 5.74) is 14.4. The molecule has 0 atom stereocenters. The maximum Gasteiger partial charge on any atom is 0.159 e. The minimum absolute atomic E-state index is 0.858. The van der Waals surface area contributed by atoms with Crippen molar-refractivity contribution >= 4 is 60.5 Å². The van der Waals surface area contributed by atoms with Gasteiger partial charge in [-0.25, -0.2) is 0 Å². The fraction of sp³-hybridized carbons (Fsp3) is 0. The number of benzene rings is 10. The molecule has 0 radical (unpaired) electrons. The van der Waals surface area contributed by atoms with Gasteiger partial charge in [-0.3, -0.25) is 0 Å². The molecule has 2 heteroatoms. The monoisotopic (exact) mass is 739 g/mol. The summed E-state index contributed by atoms with van der Waals surface area (Å²) < 4.78 is 6.72. The number of anilines is 3. The van der Waals surface area contributed by atoms with Crippen molar-refractivity contribution < 1.29 is 4.42 Å². The van der Waals surface area contributed by atoms with Gasteiger partial charge in [0.2, 0.25) is 0 Å². The van der Waals surface area contributed by atoms with E-state index in [9.17, 15) is 0 Å². The quantitative estimate of drug-likeness (QED) is 0.151. The molecule has 11 aromatic rings. The van der Waals surface area contributed by atoms with E-state index >= 15 is 0 Å². The largest absolute Gasteiger partial charge is 0.454 e. The summed E-state index contributed by atoms with van der Waals surface area (Å²) >= 11 is 0. The zero-order valence-corrected chi connectivity index (χ0v) is 31.7. The van der Waals surface area contributed by atoms with Gasteiger partial charge in [0.1, 0.15) is 5.58 Å². The minimum atomic E-state index is 0.858. The summed E-state index contributed by atoms with van der Waals surface area (Å²) in [6.07, 6.45) is 0. The standard InChI is InChI=1S/C56H37NO/c1-4-15-38(16-5-1)39-27-29-40(30-28-39)41-31-33-44(34-32-41)57(52-25-14-24-50-48-22-12-13-26-53(48)58-56(50)52)45-35-36-47-46-21-10-11-23-49(46)54(42-17-6-2-7-18-42)55(51(47)37-45)43-19-8-3-9-20-43/h1-37H. The van der Waals surface area contributed by atoms with Crippen LogP contribution in [0.1, 0.15) is 0 Å². The van der Waals surface area contributed by atoms with Crippen LogP contribution in [0.2, 0.25) is 0 Å². The van der Waals surface area contributed by atoms with Crippen molar-refractivity contribution in [2.45, 2.75) is 0 Å². The Kier molecular flexibility index (Phi) is 8.19. The molecule has 0 aliphatic carbocycles. The van der Waals surface area contributed by atoms with Crippen LogP contribution < -0.4 is 4.90 Å². The summed E-state index contributed by atoms with van der Waals surface area (Å²) in [6.45, 7) is 0. The molecule has 272 valence electrons. The summed E-state index contributed by atoms with van der Waals surface area (Å²) in [4.78, 5) is 2.36. The highest BCUT2D eigenvalue weighted by Gasteiger charge is 2.23. The van der Waals surface area contributed by atoms with Crippen LogP contribution in [0.15, 0.2) is 229 Å². The van der Waals surface area contributed by atoms with Crippen molar-refractivity contribution in [1.29, 1.82) is 0 Å². The Morgan fingerprint density at radius 1 is 0.276 bits per heavy atom. The molecule has 0 saturated heterocycles. The van der Waals surface area contributed by atoms with Gasteiger partial charge in [0.15, 0.2) is 5.58 Å². The highest BCUT2D eigenvalue weighted by molar-refractivity contribution is 6.22. The van der Waals surface area contributed by atoms with Crippen LogP contribution >= 0.6 is 0 Å². The highest BCUT2D eigenvalue weighted by Crippen LogP contribution is 2.48. The van der Waals surface area contributed by atoms with E-state index in [1.807, 2.05) is 6.07 Å². The van der Waals surface area contributed by atoms with Gasteiger partial charge in [-0.2, -0.15) is 0 Å². The van der Waals surface area contributed by atoms with Crippen molar-refractivity contribution in [3.63, 3.8) is 0 Å². The molecule has 0 spiro atoms. The Balaban J connectivity index is 1.14. The number of para-hydroxylation sites is 2. The molecule has 0 N–H and O–H groups in total. The Bertz CT molecular complexity index is 3240. The van der Waals surface area contributed by atoms with E-state index in [2.05, 4.69) is 223 Å². The molecule has 1 heterocycles. The van der Waals surface area contributed by atoms with E-state index in [1.165, 1.54) is 60.5 Å². The molecule has 0 fully saturated rings. The lowest BCUT2D eigenvalue weighted by Crippen LogP contribution is -2.10. The third-order valence-corrected chi connectivity index (χ3v) is 11.5. The summed E-state index contributed by atoms with van der Waals surface area (Å²) in [5, 5.41) is 7.08. The number of hydrogen-bond acceptors (Lipinski definition) is 2. The van der Waals surface area contributed by atoms with Crippen LogP contribution in [-0.4, -0.2) is 0 Å². The van der Waals surface area contributed by atoms with Crippen molar-refractivity contribution in [2.75, 3.05) is 4.90 Å². The first-order valence-corrected chi connectivity index (χ1v) is 19.8. The smallest absolute Gasteiger partial charge is 0.159 e. The maximum atomic E-state index is 6.72. The van der Waals surface area contributed by atoms with Crippen molar-refractivity contribution in [2.24, 2.45) is 0 Å². The second-order valence-electron chi connectivity index (χ2n) is 14.8. The van der Waals surface area contributed by atoms with Gasteiger partial charge in [-0.1, -0.05) is 188 Å². The lowest BCUT2D eigenvalue weighted by atomic mass is 9.85. The number of hydrogen-bond donors (Lipinski definition) is 0. The van der Waals surface area contributed by atoms with E-state index in [0.717, 1.165) is 44.6 Å². The highest BCUT2D eigenvalue weighted by atomic mass is 16.3. The van der Waals surface area contributed by atoms with Crippen molar-refractivity contribution in [1.82, 2.24) is 0 Å². The molecule has 58 heavy (non-hydrogen) atoms. The lowest BCUT2D eigenvalue weighted by Gasteiger charge is -2.27. The topological polar surface area (TPSA) is 16.4 Å². The van der Waals surface area contributed by atoms with Crippen LogP contribution in [0.3, 0.4) is 0 Å². The maximum absolute atomic E-state index is 6.72. The van der Waals surface area contributed by atoms with Crippen LogP contribution in [0.25, 0.3) is 88.0 Å². The molecular weight excluding hydrogens is 703 g/mol. The van der Waals surface area contributed by atoms with E-state index in [1.54, 1.807) is 0 Å². The van der Waals surface area contributed by atoms with E-state index in [-0.39, 0.29) is 0 Å². The first kappa shape index (κ1) is 33.6. The average molecular weight is 740 g/mol. The molecule has 0 bridgehead atoms. The van der Waals surface area contributed by atoms with Crippen LogP contribution in [0.4, 0.5) is 17.1 Å². The normalized spacial score (nSPS) is 11.4. The second-order valence-corrected chi connectivity index (χ2v) is 14.8. The predicted molar refractivity (Wildman–Crippen MR) is 245 cm³/mol. The van der Waals surface area contributed by atoms with Gasteiger partial charge in [-0.05, 0) is 102 Å². The molecule has 0 aliphatic heterocycles. The Morgan fingerprint density at radius 2 is 0.724 bits per heavy atom. The van der Waals surface area contributed by atoms with Crippen LogP contribution in [0, 0.1) is 0 Å². The van der Waals surface area contributed by atoms with E-state index in [4.69, 9.17) is 4.42 Å². The second kappa shape index (κ2) is 14.1. The number of nitrogens with zero attached hydrogens (tertiary/aromatic N) is 1. The number of furan rings is 1. The molecular formula is C56H37NO. The molecule has 2 nitrogen and oxygen atoms in total. The lowest BCUT2D eigenvalue weighted by molar-refractivity contribution is 0.669. The zero-order chi connectivity index (χ0) is 38.4. The van der Waals surface area contributed by atoms with E-state index in [0.29, 0.717) is 0 Å². The van der Waals surface area contributed by atoms with E-state index < -0.39 is 0 Å². The number of fused-ring (bicyclic) bond motifs is 6. The van der Waals surface area contributed by atoms with Gasteiger partial charge in [0.25, 0.3) is 0 Å². The zero-order valence-electron chi connectivity index (χ0n) is 31.7. The summed E-state index contributed by atoms with van der Waals surface area (Å²) in [5.74, 6) is 0. The molecule has 10 aromatic carbocycles. The Morgan fingerprint density at radius 3 is 1.36 bits per heavy atom. The van der Waals surface area contributed by atoms with Crippen LogP contribution in [-0.2, 0) is 0 Å². The third kappa shape index (κ3) is 5.74. The Labute approximate surface area is 337 Å². The first-order valence-electron chi connectivity index (χ1n) is 19.8. The SMILES string of the molecule is c1ccc(-c2ccc(-c3ccc(N(c4ccc5c(c4)c(-c4ccccc4)c(-c4ccccc4)c4ccccc45)c4cccc5c4oc4ccccc45)cc3)cc2)cc1. The summed E-state index contributed by atoms with van der Waals surface area (Å²) in [7, 11) is 0. The molecule has 0 aliphatic rings. The molecule has 0 amide bonds. The van der Waals surface area contributed by atoms with Crippen molar-refractivity contribution in [3.8, 4) is 44.5 Å². The van der Waals surface area contributed by atoms with Gasteiger partial charge < -0.3 is 9.32 Å². The molecule has 11 rings (SSSR count). The third-order valence-electron chi connectivity index (χ3n) is 11.5.